The average Bonchev–Trinajstić information content (AvgIpc) is 2.97. The van der Waals surface area contributed by atoms with Crippen LogP contribution < -0.4 is 15.2 Å². The van der Waals surface area contributed by atoms with Crippen LogP contribution in [-0.2, 0) is 30.4 Å². The molecule has 16 nitrogen and oxygen atoms in total. The zero-order valence-electron chi connectivity index (χ0n) is 25.6. The van der Waals surface area contributed by atoms with Crippen LogP contribution in [0.1, 0.15) is 43.2 Å². The Balaban J connectivity index is 1.43. The number of nitrogen functional groups attached to an aromatic ring is 1. The number of hydrogen-bond donors (Lipinski definition) is 5. The van der Waals surface area contributed by atoms with Gasteiger partial charge in [-0.15, -0.1) is 0 Å². The van der Waals surface area contributed by atoms with Crippen molar-refractivity contribution in [2.75, 3.05) is 50.5 Å². The van der Waals surface area contributed by atoms with E-state index in [0.29, 0.717) is 35.3 Å². The van der Waals surface area contributed by atoms with E-state index in [4.69, 9.17) is 25.2 Å². The van der Waals surface area contributed by atoms with Crippen LogP contribution >= 0.6 is 0 Å². The third kappa shape index (κ3) is 15.0. The lowest BCUT2D eigenvalue weighted by Crippen LogP contribution is -2.40. The molecule has 6 N–H and O–H groups in total. The standard InChI is InChI=1S/C28H41N5O11S3/c29-27(30)23-4-8-25(9-5-23)43-17-1-3-22-12-15-32(16-13-22)14-2-18-44-26-10-6-24(7-11-26)28(31-19-45(34,35)36)33(20-46(37,38)39)21-47(40,41)42/h4-11,22H,1-3,12-21H2,(H3,29,30)(H,34,35,36)(H,37,38,39)(H,40,41,42). The maximum absolute atomic E-state index is 11.5. The summed E-state index contributed by atoms with van der Waals surface area (Å²) in [6.45, 7) is 3.84. The predicted molar refractivity (Wildman–Crippen MR) is 176 cm³/mol. The van der Waals surface area contributed by atoms with Gasteiger partial charge in [0.05, 0.1) is 13.2 Å². The third-order valence-corrected chi connectivity index (χ3v) is 8.94. The molecule has 262 valence electrons. The second-order valence-electron chi connectivity index (χ2n) is 11.1. The topological polar surface area (TPSA) is 250 Å². The number of hydrogen-bond acceptors (Lipinski definition) is 11. The lowest BCUT2D eigenvalue weighted by molar-refractivity contribution is 0.161. The highest BCUT2D eigenvalue weighted by molar-refractivity contribution is 7.86. The van der Waals surface area contributed by atoms with E-state index in [-0.39, 0.29) is 11.4 Å². The molecule has 1 fully saturated rings. The van der Waals surface area contributed by atoms with E-state index in [1.54, 1.807) is 12.1 Å². The predicted octanol–water partition coefficient (Wildman–Crippen LogP) is 1.90. The van der Waals surface area contributed by atoms with Gasteiger partial charge in [0.25, 0.3) is 30.4 Å². The minimum atomic E-state index is -4.84. The summed E-state index contributed by atoms with van der Waals surface area (Å²) in [7, 11) is -14.4. The van der Waals surface area contributed by atoms with Gasteiger partial charge in [-0.1, -0.05) is 0 Å². The molecule has 0 spiro atoms. The summed E-state index contributed by atoms with van der Waals surface area (Å²) in [6.07, 6.45) is 5.00. The largest absolute Gasteiger partial charge is 0.494 e. The number of ether oxygens (including phenoxy) is 2. The molecule has 1 aliphatic rings. The first-order chi connectivity index (χ1) is 22.0. The van der Waals surface area contributed by atoms with E-state index in [1.165, 1.54) is 24.3 Å². The maximum Gasteiger partial charge on any atom is 0.285 e. The fourth-order valence-electron chi connectivity index (χ4n) is 5.04. The van der Waals surface area contributed by atoms with Gasteiger partial charge >= 0.3 is 0 Å². The molecule has 0 aromatic heterocycles. The Kier molecular flexibility index (Phi) is 13.9. The molecular weight excluding hydrogens is 679 g/mol. The van der Waals surface area contributed by atoms with Crippen molar-refractivity contribution in [2.24, 2.45) is 16.6 Å². The molecule has 1 saturated heterocycles. The Morgan fingerprint density at radius 2 is 1.30 bits per heavy atom. The van der Waals surface area contributed by atoms with Gasteiger partial charge in [-0.25, -0.2) is 4.99 Å². The van der Waals surface area contributed by atoms with E-state index in [0.717, 1.165) is 57.5 Å². The second-order valence-corrected chi connectivity index (χ2v) is 15.4. The molecule has 3 rings (SSSR count). The first kappa shape index (κ1) is 38.1. The van der Waals surface area contributed by atoms with Gasteiger partial charge in [-0.2, -0.15) is 25.3 Å². The Hall–Kier alpha value is -3.33. The Bertz CT molecular complexity index is 1640. The monoisotopic (exact) mass is 719 g/mol. The van der Waals surface area contributed by atoms with Crippen LogP contribution in [0.15, 0.2) is 53.5 Å². The zero-order chi connectivity index (χ0) is 34.7. The molecule has 0 atom stereocenters. The van der Waals surface area contributed by atoms with Crippen LogP contribution in [0, 0.1) is 11.3 Å². The number of likely N-dealkylation sites (tertiary alicyclic amines) is 1. The highest BCUT2D eigenvalue weighted by Gasteiger charge is 2.25. The fraction of sp³-hybridized carbons (Fsp3) is 0.500. The molecule has 1 aliphatic heterocycles. The van der Waals surface area contributed by atoms with Gasteiger partial charge in [-0.3, -0.25) is 19.1 Å². The van der Waals surface area contributed by atoms with Crippen molar-refractivity contribution in [1.29, 1.82) is 5.41 Å². The maximum atomic E-state index is 11.5. The molecule has 1 heterocycles. The zero-order valence-corrected chi connectivity index (χ0v) is 28.1. The lowest BCUT2D eigenvalue weighted by Gasteiger charge is -2.32. The highest BCUT2D eigenvalue weighted by Crippen LogP contribution is 2.23. The number of piperidine rings is 1. The number of aliphatic imine (C=N–C) groups is 1. The van der Waals surface area contributed by atoms with Crippen molar-refractivity contribution in [3.8, 4) is 11.5 Å². The summed E-state index contributed by atoms with van der Waals surface area (Å²) in [6, 6.07) is 12.8. The van der Waals surface area contributed by atoms with E-state index in [9.17, 15) is 34.4 Å². The van der Waals surface area contributed by atoms with Gasteiger partial charge in [0, 0.05) is 17.7 Å². The Morgan fingerprint density at radius 3 is 1.77 bits per heavy atom. The van der Waals surface area contributed by atoms with Crippen LogP contribution in [0.3, 0.4) is 0 Å². The minimum Gasteiger partial charge on any atom is -0.494 e. The lowest BCUT2D eigenvalue weighted by atomic mass is 9.92. The van der Waals surface area contributed by atoms with Crippen molar-refractivity contribution in [3.63, 3.8) is 0 Å². The normalized spacial score (nSPS) is 15.3. The van der Waals surface area contributed by atoms with Crippen molar-refractivity contribution in [2.45, 2.75) is 32.1 Å². The van der Waals surface area contributed by atoms with Gasteiger partial charge in [0.1, 0.15) is 34.9 Å². The quantitative estimate of drug-likeness (QED) is 0.0639. The Morgan fingerprint density at radius 1 is 0.809 bits per heavy atom. The van der Waals surface area contributed by atoms with Crippen molar-refractivity contribution < 1.29 is 48.4 Å². The Labute approximate surface area is 275 Å². The minimum absolute atomic E-state index is 0.0250. The molecule has 0 aliphatic carbocycles. The number of nitrogens with two attached hydrogens (primary N) is 1. The number of rotatable bonds is 18. The molecule has 0 amide bonds. The van der Waals surface area contributed by atoms with Crippen LogP contribution in [0.2, 0.25) is 0 Å². The number of nitrogens with one attached hydrogen (secondary N) is 1. The summed E-state index contributed by atoms with van der Waals surface area (Å²) in [4.78, 5) is 6.45. The van der Waals surface area contributed by atoms with E-state index < -0.39 is 53.8 Å². The van der Waals surface area contributed by atoms with Gasteiger partial charge in [-0.05, 0) is 99.6 Å². The van der Waals surface area contributed by atoms with Gasteiger partial charge < -0.3 is 25.0 Å². The summed E-state index contributed by atoms with van der Waals surface area (Å²) in [5.74, 6) is -2.58. The summed E-state index contributed by atoms with van der Waals surface area (Å²) < 4.78 is 108. The average molecular weight is 720 g/mol. The second kappa shape index (κ2) is 17.2. The van der Waals surface area contributed by atoms with Crippen LogP contribution in [0.5, 0.6) is 11.5 Å². The first-order valence-electron chi connectivity index (χ1n) is 14.7. The van der Waals surface area contributed by atoms with Crippen LogP contribution in [0.4, 0.5) is 0 Å². The SMILES string of the molecule is N=C(N)c1ccc(OCCCC2CCN(CCCOc3ccc(C(=NCS(=O)(=O)O)N(CS(=O)(=O)O)CS(=O)(=O)O)cc3)CC2)cc1. The summed E-state index contributed by atoms with van der Waals surface area (Å²) >= 11 is 0. The molecule has 0 unspecified atom stereocenters. The van der Waals surface area contributed by atoms with Crippen molar-refractivity contribution >= 4 is 42.0 Å². The molecular formula is C28H41N5O11S3. The number of benzene rings is 2. The van der Waals surface area contributed by atoms with Crippen LogP contribution in [0.25, 0.3) is 0 Å². The smallest absolute Gasteiger partial charge is 0.285 e. The van der Waals surface area contributed by atoms with Gasteiger partial charge in [0.15, 0.2) is 5.88 Å². The number of amidine groups is 2. The molecule has 0 saturated carbocycles. The number of nitrogens with zero attached hydrogens (tertiary/aromatic N) is 3. The molecule has 0 radical (unpaired) electrons. The molecule has 2 aromatic rings. The molecule has 47 heavy (non-hydrogen) atoms. The molecule has 19 heteroatoms. The highest BCUT2D eigenvalue weighted by atomic mass is 32.2. The fourth-order valence-corrected chi connectivity index (χ4v) is 6.66. The third-order valence-electron chi connectivity index (χ3n) is 7.21. The van der Waals surface area contributed by atoms with Gasteiger partial charge in [0.2, 0.25) is 0 Å². The van der Waals surface area contributed by atoms with E-state index >= 15 is 0 Å². The van der Waals surface area contributed by atoms with Crippen LogP contribution in [-0.4, -0.2) is 111 Å². The van der Waals surface area contributed by atoms with Crippen molar-refractivity contribution in [1.82, 2.24) is 9.80 Å². The van der Waals surface area contributed by atoms with Crippen molar-refractivity contribution in [3.05, 3.63) is 59.7 Å². The summed E-state index contributed by atoms with van der Waals surface area (Å²) in [5, 5.41) is 7.44. The molecule has 0 bridgehead atoms. The van der Waals surface area contributed by atoms with E-state index in [2.05, 4.69) is 9.89 Å². The molecule has 2 aromatic carbocycles. The summed E-state index contributed by atoms with van der Waals surface area (Å²) in [5.41, 5.74) is 6.17. The van der Waals surface area contributed by atoms with E-state index in [1.807, 2.05) is 12.1 Å². The first-order valence-corrected chi connectivity index (χ1v) is 19.5.